The lowest BCUT2D eigenvalue weighted by molar-refractivity contribution is 0.340. The summed E-state index contributed by atoms with van der Waals surface area (Å²) < 4.78 is 0. The zero-order valence-corrected chi connectivity index (χ0v) is 10.9. The Bertz CT molecular complexity index is 411. The van der Waals surface area contributed by atoms with Crippen molar-refractivity contribution in [1.82, 2.24) is 4.90 Å². The number of nitrogens with zero attached hydrogens (tertiary/aromatic N) is 1. The van der Waals surface area contributed by atoms with E-state index in [1.165, 1.54) is 11.3 Å². The highest BCUT2D eigenvalue weighted by molar-refractivity contribution is 7.07. The van der Waals surface area contributed by atoms with Crippen LogP contribution in [0, 0.1) is 0 Å². The lowest BCUT2D eigenvalue weighted by Crippen LogP contribution is -2.24. The van der Waals surface area contributed by atoms with E-state index < -0.39 is 0 Å². The van der Waals surface area contributed by atoms with Gasteiger partial charge in [0, 0.05) is 25.3 Å². The van der Waals surface area contributed by atoms with Crippen LogP contribution < -0.4 is 5.32 Å². The number of hydrogen-bond acceptors (Lipinski definition) is 3. The van der Waals surface area contributed by atoms with Crippen LogP contribution in [0.5, 0.6) is 0 Å². The van der Waals surface area contributed by atoms with E-state index in [1.54, 1.807) is 11.3 Å². The third-order valence-corrected chi connectivity index (χ3v) is 3.36. The summed E-state index contributed by atoms with van der Waals surface area (Å²) in [6.45, 7) is 3.05. The first kappa shape index (κ1) is 12.1. The van der Waals surface area contributed by atoms with Crippen molar-refractivity contribution in [2.24, 2.45) is 0 Å². The van der Waals surface area contributed by atoms with Gasteiger partial charge in [0.25, 0.3) is 0 Å². The minimum absolute atomic E-state index is 0.977. The Kier molecular flexibility index (Phi) is 4.59. The Labute approximate surface area is 107 Å². The van der Waals surface area contributed by atoms with Gasteiger partial charge in [-0.1, -0.05) is 18.2 Å². The Morgan fingerprint density at radius 2 is 2.00 bits per heavy atom. The van der Waals surface area contributed by atoms with E-state index in [2.05, 4.69) is 58.4 Å². The van der Waals surface area contributed by atoms with Gasteiger partial charge in [-0.3, -0.25) is 0 Å². The second-order valence-electron chi connectivity index (χ2n) is 4.16. The zero-order chi connectivity index (χ0) is 11.9. The quantitative estimate of drug-likeness (QED) is 0.841. The third kappa shape index (κ3) is 4.21. The van der Waals surface area contributed by atoms with Gasteiger partial charge < -0.3 is 10.2 Å². The summed E-state index contributed by atoms with van der Waals surface area (Å²) in [5.74, 6) is 0. The minimum Gasteiger partial charge on any atom is -0.384 e. The highest BCUT2D eigenvalue weighted by Crippen LogP contribution is 2.08. The molecular weight excluding hydrogens is 228 g/mol. The first-order chi connectivity index (χ1) is 8.34. The van der Waals surface area contributed by atoms with Crippen LogP contribution in [-0.2, 0) is 6.54 Å². The van der Waals surface area contributed by atoms with Crippen molar-refractivity contribution < 1.29 is 0 Å². The van der Waals surface area contributed by atoms with Crippen LogP contribution in [0.3, 0.4) is 0 Å². The predicted octanol–water partition coefficient (Wildman–Crippen LogP) is 3.29. The Morgan fingerprint density at radius 1 is 1.18 bits per heavy atom. The van der Waals surface area contributed by atoms with Crippen LogP contribution in [0.2, 0.25) is 0 Å². The lowest BCUT2D eigenvalue weighted by Gasteiger charge is -2.16. The number of benzene rings is 1. The number of hydrogen-bond donors (Lipinski definition) is 1. The predicted molar refractivity (Wildman–Crippen MR) is 75.6 cm³/mol. The highest BCUT2D eigenvalue weighted by Gasteiger charge is 2.00. The van der Waals surface area contributed by atoms with E-state index in [0.717, 1.165) is 19.6 Å². The monoisotopic (exact) mass is 246 g/mol. The molecule has 1 aromatic heterocycles. The molecule has 0 radical (unpaired) electrons. The number of thiophene rings is 1. The molecule has 0 atom stereocenters. The molecule has 2 nitrogen and oxygen atoms in total. The van der Waals surface area contributed by atoms with Gasteiger partial charge in [-0.2, -0.15) is 11.3 Å². The van der Waals surface area contributed by atoms with E-state index in [0.29, 0.717) is 0 Å². The topological polar surface area (TPSA) is 15.3 Å². The Morgan fingerprint density at radius 3 is 2.71 bits per heavy atom. The number of anilines is 1. The van der Waals surface area contributed by atoms with Crippen LogP contribution >= 0.6 is 11.3 Å². The maximum absolute atomic E-state index is 3.42. The molecule has 0 aliphatic heterocycles. The summed E-state index contributed by atoms with van der Waals surface area (Å²) >= 11 is 1.76. The van der Waals surface area contributed by atoms with Crippen LogP contribution in [-0.4, -0.2) is 25.0 Å². The molecule has 0 aliphatic carbocycles. The molecule has 2 rings (SSSR count). The molecule has 0 saturated carbocycles. The summed E-state index contributed by atoms with van der Waals surface area (Å²) in [6.07, 6.45) is 0. The second-order valence-corrected chi connectivity index (χ2v) is 4.94. The van der Waals surface area contributed by atoms with Gasteiger partial charge in [0.1, 0.15) is 0 Å². The molecule has 1 aromatic carbocycles. The van der Waals surface area contributed by atoms with Crippen LogP contribution in [0.25, 0.3) is 0 Å². The molecule has 0 spiro atoms. The molecule has 0 bridgehead atoms. The zero-order valence-electron chi connectivity index (χ0n) is 10.1. The maximum atomic E-state index is 3.42. The van der Waals surface area contributed by atoms with Crippen molar-refractivity contribution in [3.8, 4) is 0 Å². The van der Waals surface area contributed by atoms with Crippen LogP contribution in [0.1, 0.15) is 5.56 Å². The van der Waals surface area contributed by atoms with Crippen molar-refractivity contribution in [2.45, 2.75) is 6.54 Å². The molecule has 0 amide bonds. The molecule has 0 saturated heterocycles. The van der Waals surface area contributed by atoms with Crippen molar-refractivity contribution >= 4 is 17.0 Å². The van der Waals surface area contributed by atoms with E-state index in [9.17, 15) is 0 Å². The number of nitrogens with one attached hydrogen (secondary N) is 1. The smallest absolute Gasteiger partial charge is 0.0340 e. The van der Waals surface area contributed by atoms with Gasteiger partial charge in [0.2, 0.25) is 0 Å². The summed E-state index contributed by atoms with van der Waals surface area (Å²) in [4.78, 5) is 2.33. The number of para-hydroxylation sites is 1. The lowest BCUT2D eigenvalue weighted by atomic mass is 10.3. The molecular formula is C14H18N2S. The van der Waals surface area contributed by atoms with Crippen molar-refractivity contribution in [2.75, 3.05) is 25.5 Å². The first-order valence-corrected chi connectivity index (χ1v) is 6.77. The summed E-state index contributed by atoms with van der Waals surface area (Å²) in [5, 5.41) is 7.76. The third-order valence-electron chi connectivity index (χ3n) is 2.63. The van der Waals surface area contributed by atoms with Crippen molar-refractivity contribution in [3.63, 3.8) is 0 Å². The van der Waals surface area contributed by atoms with Gasteiger partial charge in [0.15, 0.2) is 0 Å². The summed E-state index contributed by atoms with van der Waals surface area (Å²) in [7, 11) is 2.16. The van der Waals surface area contributed by atoms with E-state index in [4.69, 9.17) is 0 Å². The molecule has 2 aromatic rings. The average Bonchev–Trinajstić information content (AvgIpc) is 2.83. The summed E-state index contributed by atoms with van der Waals surface area (Å²) in [6, 6.07) is 12.5. The molecule has 0 fully saturated rings. The SMILES string of the molecule is CN(CCNc1ccccc1)Cc1ccsc1. The van der Waals surface area contributed by atoms with E-state index >= 15 is 0 Å². The highest BCUT2D eigenvalue weighted by atomic mass is 32.1. The van der Waals surface area contributed by atoms with Crippen molar-refractivity contribution in [3.05, 3.63) is 52.7 Å². The molecule has 1 heterocycles. The molecule has 0 aliphatic rings. The molecule has 17 heavy (non-hydrogen) atoms. The van der Waals surface area contributed by atoms with Crippen molar-refractivity contribution in [1.29, 1.82) is 0 Å². The molecule has 1 N–H and O–H groups in total. The fraction of sp³-hybridized carbons (Fsp3) is 0.286. The largest absolute Gasteiger partial charge is 0.384 e. The van der Waals surface area contributed by atoms with Gasteiger partial charge >= 0.3 is 0 Å². The maximum Gasteiger partial charge on any atom is 0.0340 e. The van der Waals surface area contributed by atoms with Crippen LogP contribution in [0.15, 0.2) is 47.2 Å². The number of rotatable bonds is 6. The van der Waals surface area contributed by atoms with Gasteiger partial charge in [-0.15, -0.1) is 0 Å². The second kappa shape index (κ2) is 6.42. The summed E-state index contributed by atoms with van der Waals surface area (Å²) in [5.41, 5.74) is 2.59. The average molecular weight is 246 g/mol. The van der Waals surface area contributed by atoms with Gasteiger partial charge in [-0.25, -0.2) is 0 Å². The molecule has 90 valence electrons. The first-order valence-electron chi connectivity index (χ1n) is 5.83. The van der Waals surface area contributed by atoms with E-state index in [1.807, 2.05) is 6.07 Å². The molecule has 0 unspecified atom stereocenters. The van der Waals surface area contributed by atoms with Gasteiger partial charge in [0.05, 0.1) is 0 Å². The standard InChI is InChI=1S/C14H18N2S/c1-16(11-13-7-10-17-12-13)9-8-15-14-5-3-2-4-6-14/h2-7,10,12,15H,8-9,11H2,1H3. The Hall–Kier alpha value is -1.32. The Balaban J connectivity index is 1.68. The van der Waals surface area contributed by atoms with Gasteiger partial charge in [-0.05, 0) is 41.6 Å². The fourth-order valence-corrected chi connectivity index (χ4v) is 2.38. The fourth-order valence-electron chi connectivity index (χ4n) is 1.72. The normalized spacial score (nSPS) is 10.7. The van der Waals surface area contributed by atoms with Crippen LogP contribution in [0.4, 0.5) is 5.69 Å². The number of likely N-dealkylation sites (N-methyl/N-ethyl adjacent to an activating group) is 1. The molecule has 3 heteroatoms. The van der Waals surface area contributed by atoms with E-state index in [-0.39, 0.29) is 0 Å². The minimum atomic E-state index is 0.977.